The lowest BCUT2D eigenvalue weighted by Crippen LogP contribution is -2.69. The van der Waals surface area contributed by atoms with Gasteiger partial charge in [-0.1, -0.05) is 121 Å². The minimum absolute atomic E-state index is 0.0493. The lowest BCUT2D eigenvalue weighted by molar-refractivity contribution is -0.253. The molecule has 1 amide bonds. The number of ether oxygens (including phenoxy) is 5. The summed E-state index contributed by atoms with van der Waals surface area (Å²) in [5.41, 5.74) is 4.62. The third kappa shape index (κ3) is 10.7. The molecular formula is C55H62N2O9. The molecular weight excluding hydrogens is 833 g/mol. The van der Waals surface area contributed by atoms with Crippen molar-refractivity contribution < 1.29 is 43.5 Å². The number of aliphatic hydroxyl groups is 2. The summed E-state index contributed by atoms with van der Waals surface area (Å²) in [5, 5.41) is 27.1. The number of oxime groups is 1. The highest BCUT2D eigenvalue weighted by molar-refractivity contribution is 6.03. The number of hydrogen-bond donors (Lipinski definition) is 2. The van der Waals surface area contributed by atoms with E-state index < -0.39 is 23.8 Å². The molecule has 6 atom stereocenters. The highest BCUT2D eigenvalue weighted by atomic mass is 16.7. The Morgan fingerprint density at radius 2 is 1.50 bits per heavy atom. The van der Waals surface area contributed by atoms with Gasteiger partial charge >= 0.3 is 6.09 Å². The van der Waals surface area contributed by atoms with Crippen molar-refractivity contribution in [3.63, 3.8) is 0 Å². The molecule has 1 saturated carbocycles. The van der Waals surface area contributed by atoms with Gasteiger partial charge in [-0.15, -0.1) is 6.58 Å². The van der Waals surface area contributed by atoms with Gasteiger partial charge in [-0.05, 0) is 95.3 Å². The third-order valence-electron chi connectivity index (χ3n) is 13.2. The van der Waals surface area contributed by atoms with Gasteiger partial charge in [-0.3, -0.25) is 0 Å². The summed E-state index contributed by atoms with van der Waals surface area (Å²) in [4.78, 5) is 22.1. The zero-order chi connectivity index (χ0) is 45.7. The summed E-state index contributed by atoms with van der Waals surface area (Å²) >= 11 is 0. The molecule has 5 aromatic carbocycles. The fourth-order valence-electron chi connectivity index (χ4n) is 10.1. The molecule has 0 aromatic heterocycles. The van der Waals surface area contributed by atoms with Crippen molar-refractivity contribution in [2.24, 2.45) is 22.9 Å². The molecule has 11 nitrogen and oxygen atoms in total. The first kappa shape index (κ1) is 46.5. The SMILES string of the molecule is C=CCO[C@@]12Oc3ccc(Oc4ccc5ccccc5c4)cc3[C@H]3[C@H](CCCCO)[C@@H](CCCCO)C=C(C(=NOCc4ccccc4)C[C@@H]1N(C)C(=O)OCCOCc1ccccc1)[C@H]32. The minimum atomic E-state index is -1.42. The largest absolute Gasteiger partial charge is 0.459 e. The highest BCUT2D eigenvalue weighted by Gasteiger charge is 2.65. The fraction of sp³-hybridized carbons (Fsp3) is 0.382. The second-order valence-electron chi connectivity index (χ2n) is 17.4. The number of unbranched alkanes of at least 4 members (excludes halogenated alkanes) is 2. The van der Waals surface area contributed by atoms with E-state index in [0.29, 0.717) is 42.4 Å². The molecule has 5 aromatic rings. The van der Waals surface area contributed by atoms with Crippen LogP contribution < -0.4 is 9.47 Å². The number of likely N-dealkylation sites (N-methyl/N-ethyl adjacent to an activating group) is 1. The monoisotopic (exact) mass is 894 g/mol. The first-order valence-corrected chi connectivity index (χ1v) is 23.3. The van der Waals surface area contributed by atoms with Crippen molar-refractivity contribution in [1.29, 1.82) is 0 Å². The maximum Gasteiger partial charge on any atom is 0.410 e. The summed E-state index contributed by atoms with van der Waals surface area (Å²) in [5.74, 6) is 0.0402. The van der Waals surface area contributed by atoms with Crippen molar-refractivity contribution >= 4 is 22.6 Å². The van der Waals surface area contributed by atoms with Crippen LogP contribution in [0.15, 0.2) is 151 Å². The van der Waals surface area contributed by atoms with E-state index in [1.54, 1.807) is 18.0 Å². The lowest BCUT2D eigenvalue weighted by Gasteiger charge is -2.59. The van der Waals surface area contributed by atoms with Crippen molar-refractivity contribution in [2.45, 2.75) is 75.9 Å². The molecule has 1 fully saturated rings. The average Bonchev–Trinajstić information content (AvgIpc) is 3.35. The zero-order valence-electron chi connectivity index (χ0n) is 37.8. The molecule has 3 aliphatic rings. The Morgan fingerprint density at radius 1 is 0.818 bits per heavy atom. The van der Waals surface area contributed by atoms with E-state index in [1.165, 1.54) is 0 Å². The van der Waals surface area contributed by atoms with Crippen LogP contribution in [0.4, 0.5) is 4.79 Å². The van der Waals surface area contributed by atoms with Crippen LogP contribution in [0.1, 0.15) is 67.6 Å². The molecule has 2 N–H and O–H groups in total. The van der Waals surface area contributed by atoms with Gasteiger partial charge in [0, 0.05) is 38.2 Å². The maximum absolute atomic E-state index is 14.3. The second kappa shape index (κ2) is 22.5. The quantitative estimate of drug-likeness (QED) is 0.0396. The van der Waals surface area contributed by atoms with Crippen LogP contribution in [0.25, 0.3) is 10.8 Å². The number of carbonyl (C=O) groups excluding carboxylic acids is 1. The molecule has 0 spiro atoms. The van der Waals surface area contributed by atoms with Crippen LogP contribution in [0.5, 0.6) is 17.2 Å². The Balaban J connectivity index is 1.21. The van der Waals surface area contributed by atoms with Crippen molar-refractivity contribution in [1.82, 2.24) is 4.90 Å². The number of fused-ring (bicyclic) bond motifs is 3. The predicted octanol–water partition coefficient (Wildman–Crippen LogP) is 10.8. The van der Waals surface area contributed by atoms with E-state index in [1.807, 2.05) is 97.1 Å². The van der Waals surface area contributed by atoms with Crippen molar-refractivity contribution in [3.8, 4) is 17.2 Å². The number of allylic oxidation sites excluding steroid dienone is 1. The number of nitrogens with zero attached hydrogens (tertiary/aromatic N) is 2. The normalized spacial score (nSPS) is 22.4. The molecule has 1 heterocycles. The van der Waals surface area contributed by atoms with Gasteiger partial charge in [0.15, 0.2) is 0 Å². The van der Waals surface area contributed by atoms with Gasteiger partial charge in [-0.25, -0.2) is 4.79 Å². The Kier molecular flexibility index (Phi) is 15.9. The maximum atomic E-state index is 14.3. The molecule has 8 rings (SSSR count). The zero-order valence-corrected chi connectivity index (χ0v) is 37.8. The average molecular weight is 895 g/mol. The van der Waals surface area contributed by atoms with Crippen molar-refractivity contribution in [2.75, 3.05) is 40.1 Å². The lowest BCUT2D eigenvalue weighted by atomic mass is 9.55. The topological polar surface area (TPSA) is 129 Å². The Morgan fingerprint density at radius 3 is 2.24 bits per heavy atom. The van der Waals surface area contributed by atoms with Gasteiger partial charge in [0.2, 0.25) is 5.79 Å². The molecule has 346 valence electrons. The van der Waals surface area contributed by atoms with Crippen LogP contribution in [0.3, 0.4) is 0 Å². The summed E-state index contributed by atoms with van der Waals surface area (Å²) in [7, 11) is 1.72. The summed E-state index contributed by atoms with van der Waals surface area (Å²) in [6, 6.07) is 39.3. The second-order valence-corrected chi connectivity index (χ2v) is 17.4. The first-order chi connectivity index (χ1) is 32.4. The minimum Gasteiger partial charge on any atom is -0.459 e. The summed E-state index contributed by atoms with van der Waals surface area (Å²) in [6.45, 7) is 5.31. The number of amides is 1. The summed E-state index contributed by atoms with van der Waals surface area (Å²) < 4.78 is 32.8. The molecule has 66 heavy (non-hydrogen) atoms. The number of aliphatic hydroxyl groups excluding tert-OH is 2. The van der Waals surface area contributed by atoms with Crippen molar-refractivity contribution in [3.05, 3.63) is 162 Å². The Labute approximate surface area is 388 Å². The van der Waals surface area contributed by atoms with E-state index >= 15 is 0 Å². The highest BCUT2D eigenvalue weighted by Crippen LogP contribution is 2.62. The molecule has 11 heteroatoms. The van der Waals surface area contributed by atoms with Crippen LogP contribution in [0.2, 0.25) is 0 Å². The van der Waals surface area contributed by atoms with Gasteiger partial charge in [0.25, 0.3) is 0 Å². The Bertz CT molecular complexity index is 2440. The van der Waals surface area contributed by atoms with Gasteiger partial charge in [0.1, 0.15) is 36.5 Å². The molecule has 0 saturated heterocycles. The molecule has 0 unspecified atom stereocenters. The third-order valence-corrected chi connectivity index (χ3v) is 13.2. The number of carbonyl (C=O) groups is 1. The van der Waals surface area contributed by atoms with E-state index in [9.17, 15) is 15.0 Å². The van der Waals surface area contributed by atoms with Gasteiger partial charge < -0.3 is 43.6 Å². The Hall–Kier alpha value is -5.98. The molecule has 0 bridgehead atoms. The predicted molar refractivity (Wildman–Crippen MR) is 255 cm³/mol. The van der Waals surface area contributed by atoms with Crippen LogP contribution >= 0.6 is 0 Å². The first-order valence-electron chi connectivity index (χ1n) is 23.3. The fourth-order valence-corrected chi connectivity index (χ4v) is 10.1. The van der Waals surface area contributed by atoms with E-state index in [-0.39, 0.29) is 63.8 Å². The van der Waals surface area contributed by atoms with E-state index in [2.05, 4.69) is 36.9 Å². The molecule has 2 aliphatic carbocycles. The van der Waals surface area contributed by atoms with Crippen LogP contribution in [-0.4, -0.2) is 78.8 Å². The van der Waals surface area contributed by atoms with Gasteiger partial charge in [0.05, 0.1) is 31.5 Å². The molecule has 1 aliphatic heterocycles. The van der Waals surface area contributed by atoms with Crippen LogP contribution in [0, 0.1) is 17.8 Å². The molecule has 0 radical (unpaired) electrons. The number of rotatable bonds is 22. The number of hydrogen-bond acceptors (Lipinski definition) is 10. The number of benzene rings is 5. The summed E-state index contributed by atoms with van der Waals surface area (Å²) in [6.07, 6.45) is 8.35. The van der Waals surface area contributed by atoms with E-state index in [4.69, 9.17) is 33.7 Å². The van der Waals surface area contributed by atoms with Crippen LogP contribution in [-0.2, 0) is 32.3 Å². The standard InChI is InChI=1S/C55H62N2O9/c1-3-30-63-55-51(57(2)54(60)62-32-31-61-37-39-16-6-4-7-17-39)36-49(56-64-38-40-18-8-5-9-19-40)47-34-43(22-12-14-28-58)46(23-13-15-29-59)52(53(47)55)48-35-45(26-27-50(48)66-55)65-44-25-24-41-20-10-11-21-42(41)33-44/h3-11,16-21,24-27,33-35,43,46,51-53,58-59H,1,12-15,22-23,28-32,36-38H2,2H3/t43-,46+,51-,52+,53+,55+/m0/s1. The van der Waals surface area contributed by atoms with Gasteiger partial charge in [-0.2, -0.15) is 0 Å². The van der Waals surface area contributed by atoms with E-state index in [0.717, 1.165) is 58.7 Å². The smallest absolute Gasteiger partial charge is 0.410 e.